The summed E-state index contributed by atoms with van der Waals surface area (Å²) in [5.74, 6) is -0.515. The van der Waals surface area contributed by atoms with E-state index >= 15 is 0 Å². The van der Waals surface area contributed by atoms with Crippen LogP contribution < -0.4 is 9.47 Å². The van der Waals surface area contributed by atoms with E-state index in [4.69, 9.17) is 14.6 Å². The van der Waals surface area contributed by atoms with Gasteiger partial charge in [0.15, 0.2) is 5.78 Å². The molecule has 0 aliphatic heterocycles. The van der Waals surface area contributed by atoms with Gasteiger partial charge in [-0.25, -0.2) is 4.79 Å². The maximum atomic E-state index is 12.8. The Labute approximate surface area is 180 Å². The number of carboxylic acids is 1. The van der Waals surface area contributed by atoms with Crippen molar-refractivity contribution in [1.82, 2.24) is 0 Å². The van der Waals surface area contributed by atoms with Gasteiger partial charge in [-0.2, -0.15) is 0 Å². The summed E-state index contributed by atoms with van der Waals surface area (Å²) in [7, 11) is 1.46. The van der Waals surface area contributed by atoms with Crippen LogP contribution in [-0.2, 0) is 13.0 Å². The molecule has 0 fully saturated rings. The van der Waals surface area contributed by atoms with Gasteiger partial charge in [-0.15, -0.1) is 0 Å². The summed E-state index contributed by atoms with van der Waals surface area (Å²) in [4.78, 5) is 24.0. The monoisotopic (exact) mass is 420 g/mol. The summed E-state index contributed by atoms with van der Waals surface area (Å²) < 4.78 is 11.2. The van der Waals surface area contributed by atoms with Crippen LogP contribution in [0.3, 0.4) is 0 Å². The maximum absolute atomic E-state index is 12.8. The number of phenolic OH excluding ortho intramolecular Hbond substituents is 1. The molecule has 0 amide bonds. The molecule has 0 aromatic heterocycles. The zero-order valence-corrected chi connectivity index (χ0v) is 17.4. The smallest absolute Gasteiger partial charge is 0.335 e. The van der Waals surface area contributed by atoms with Crippen LogP contribution in [0.15, 0.2) is 60.7 Å². The Morgan fingerprint density at radius 2 is 1.68 bits per heavy atom. The first-order chi connectivity index (χ1) is 15.0. The zero-order chi connectivity index (χ0) is 22.4. The van der Waals surface area contributed by atoms with Gasteiger partial charge in [0.1, 0.15) is 23.9 Å². The number of methoxy groups -OCH3 is 1. The molecule has 6 nitrogen and oxygen atoms in total. The van der Waals surface area contributed by atoms with Crippen LogP contribution in [0.2, 0.25) is 0 Å². The summed E-state index contributed by atoms with van der Waals surface area (Å²) in [5.41, 5.74) is 2.07. The number of aromatic hydroxyl groups is 1. The summed E-state index contributed by atoms with van der Waals surface area (Å²) in [6.45, 7) is 2.09. The van der Waals surface area contributed by atoms with Crippen LogP contribution in [-0.4, -0.2) is 29.1 Å². The lowest BCUT2D eigenvalue weighted by Gasteiger charge is -2.16. The van der Waals surface area contributed by atoms with E-state index in [1.54, 1.807) is 42.5 Å². The molecule has 3 rings (SSSR count). The molecule has 3 aromatic carbocycles. The first-order valence-electron chi connectivity index (χ1n) is 9.93. The molecular weight excluding hydrogens is 396 g/mol. The van der Waals surface area contributed by atoms with Crippen LogP contribution in [0.5, 0.6) is 17.2 Å². The van der Waals surface area contributed by atoms with E-state index in [2.05, 4.69) is 0 Å². The van der Waals surface area contributed by atoms with Gasteiger partial charge < -0.3 is 19.7 Å². The molecule has 0 saturated carbocycles. The lowest BCUT2D eigenvalue weighted by atomic mass is 9.97. The van der Waals surface area contributed by atoms with Crippen LogP contribution in [0, 0.1) is 0 Å². The van der Waals surface area contributed by atoms with Crippen LogP contribution in [0.1, 0.15) is 50.8 Å². The second-order valence-corrected chi connectivity index (χ2v) is 7.00. The normalized spacial score (nSPS) is 10.5. The van der Waals surface area contributed by atoms with Crippen molar-refractivity contribution < 1.29 is 29.3 Å². The highest BCUT2D eigenvalue weighted by molar-refractivity contribution is 6.11. The predicted octanol–water partition coefficient (Wildman–Crippen LogP) is 4.86. The Hall–Kier alpha value is -3.80. The number of carboxylic acid groups (broad SMARTS) is 1. The van der Waals surface area contributed by atoms with Gasteiger partial charge in [-0.1, -0.05) is 49.7 Å². The largest absolute Gasteiger partial charge is 0.507 e. The summed E-state index contributed by atoms with van der Waals surface area (Å²) in [5, 5.41) is 20.0. The van der Waals surface area contributed by atoms with Gasteiger partial charge in [0, 0.05) is 16.7 Å². The highest BCUT2D eigenvalue weighted by Gasteiger charge is 2.20. The number of benzene rings is 3. The summed E-state index contributed by atoms with van der Waals surface area (Å²) in [6.07, 6.45) is 1.29. The van der Waals surface area contributed by atoms with Crippen molar-refractivity contribution in [2.24, 2.45) is 0 Å². The maximum Gasteiger partial charge on any atom is 0.335 e. The number of ether oxygens (including phenoxy) is 2. The van der Waals surface area contributed by atoms with E-state index < -0.39 is 5.97 Å². The van der Waals surface area contributed by atoms with E-state index in [0.717, 1.165) is 6.42 Å². The first-order valence-corrected chi connectivity index (χ1v) is 9.93. The molecule has 0 heterocycles. The number of rotatable bonds is 9. The molecule has 0 bridgehead atoms. The summed E-state index contributed by atoms with van der Waals surface area (Å²) in [6, 6.07) is 16.6. The zero-order valence-electron chi connectivity index (χ0n) is 17.4. The van der Waals surface area contributed by atoms with E-state index in [0.29, 0.717) is 34.6 Å². The Balaban J connectivity index is 1.89. The third kappa shape index (κ3) is 4.86. The van der Waals surface area contributed by atoms with Crippen molar-refractivity contribution in [1.29, 1.82) is 0 Å². The van der Waals surface area contributed by atoms with E-state index in [-0.39, 0.29) is 29.3 Å². The van der Waals surface area contributed by atoms with Gasteiger partial charge in [0.2, 0.25) is 0 Å². The SMILES string of the molecule is CCCc1c(OCc2ccc(C(=O)O)cc2OC)ccc(C(=O)c2ccccc2)c1O. The highest BCUT2D eigenvalue weighted by Crippen LogP contribution is 2.35. The molecule has 0 radical (unpaired) electrons. The number of hydrogen-bond donors (Lipinski definition) is 2. The molecule has 0 aliphatic carbocycles. The molecule has 0 spiro atoms. The molecule has 0 atom stereocenters. The Bertz CT molecular complexity index is 1090. The topological polar surface area (TPSA) is 93.1 Å². The quantitative estimate of drug-likeness (QED) is 0.480. The van der Waals surface area contributed by atoms with Crippen molar-refractivity contribution >= 4 is 11.8 Å². The minimum absolute atomic E-state index is 0.0820. The minimum Gasteiger partial charge on any atom is -0.507 e. The number of ketones is 1. The van der Waals surface area contributed by atoms with Crippen molar-refractivity contribution in [2.75, 3.05) is 7.11 Å². The molecule has 0 saturated heterocycles. The average Bonchev–Trinajstić information content (AvgIpc) is 2.79. The van der Waals surface area contributed by atoms with Gasteiger partial charge in [0.05, 0.1) is 18.2 Å². The predicted molar refractivity (Wildman–Crippen MR) is 116 cm³/mol. The molecule has 2 N–H and O–H groups in total. The number of carbonyl (C=O) groups is 2. The molecule has 31 heavy (non-hydrogen) atoms. The number of phenols is 1. The van der Waals surface area contributed by atoms with Gasteiger partial charge in [-0.05, 0) is 30.7 Å². The van der Waals surface area contributed by atoms with Crippen molar-refractivity contribution in [3.63, 3.8) is 0 Å². The van der Waals surface area contributed by atoms with E-state index in [1.165, 1.54) is 19.2 Å². The molecular formula is C25H24O6. The molecule has 0 aliphatic rings. The average molecular weight is 420 g/mol. The fraction of sp³-hybridized carbons (Fsp3) is 0.200. The Morgan fingerprint density at radius 1 is 0.935 bits per heavy atom. The van der Waals surface area contributed by atoms with E-state index in [1.807, 2.05) is 13.0 Å². The van der Waals surface area contributed by atoms with Gasteiger partial charge >= 0.3 is 5.97 Å². The second kappa shape index (κ2) is 9.80. The van der Waals surface area contributed by atoms with Crippen molar-refractivity contribution in [3.05, 3.63) is 88.5 Å². The molecule has 0 unspecified atom stereocenters. The highest BCUT2D eigenvalue weighted by atomic mass is 16.5. The fourth-order valence-corrected chi connectivity index (χ4v) is 3.33. The Kier molecular flexibility index (Phi) is 6.92. The fourth-order valence-electron chi connectivity index (χ4n) is 3.33. The number of aromatic carboxylic acids is 1. The van der Waals surface area contributed by atoms with Gasteiger partial charge in [-0.3, -0.25) is 4.79 Å². The lowest BCUT2D eigenvalue weighted by molar-refractivity contribution is 0.0696. The number of carbonyl (C=O) groups excluding carboxylic acids is 1. The molecule has 3 aromatic rings. The molecule has 160 valence electrons. The van der Waals surface area contributed by atoms with Crippen molar-refractivity contribution in [3.8, 4) is 17.2 Å². The minimum atomic E-state index is -1.04. The van der Waals surface area contributed by atoms with Gasteiger partial charge in [0.25, 0.3) is 0 Å². The Morgan fingerprint density at radius 3 is 2.32 bits per heavy atom. The van der Waals surface area contributed by atoms with E-state index in [9.17, 15) is 14.7 Å². The van der Waals surface area contributed by atoms with Crippen LogP contribution in [0.25, 0.3) is 0 Å². The van der Waals surface area contributed by atoms with Crippen molar-refractivity contribution in [2.45, 2.75) is 26.4 Å². The lowest BCUT2D eigenvalue weighted by Crippen LogP contribution is -2.06. The third-order valence-corrected chi connectivity index (χ3v) is 4.94. The summed E-state index contributed by atoms with van der Waals surface area (Å²) >= 11 is 0. The standard InChI is InChI=1S/C25H24O6/c1-3-7-19-21(31-15-18-11-10-17(25(28)29)14-22(18)30-2)13-12-20(24(19)27)23(26)16-8-5-4-6-9-16/h4-6,8-14,27H,3,7,15H2,1-2H3,(H,28,29). The van der Waals surface area contributed by atoms with Crippen LogP contribution >= 0.6 is 0 Å². The molecule has 6 heteroatoms. The second-order valence-electron chi connectivity index (χ2n) is 7.00. The first kappa shape index (κ1) is 21.9. The number of hydrogen-bond acceptors (Lipinski definition) is 5. The third-order valence-electron chi connectivity index (χ3n) is 4.94. The van der Waals surface area contributed by atoms with Crippen LogP contribution in [0.4, 0.5) is 0 Å².